The molecule has 0 aliphatic carbocycles. The summed E-state index contributed by atoms with van der Waals surface area (Å²) in [7, 11) is 1.27. The van der Waals surface area contributed by atoms with E-state index in [2.05, 4.69) is 50.4 Å². The highest BCUT2D eigenvalue weighted by atomic mass is 79.9. The SMILES string of the molecule is COC(=O)c1cc(Br)ccc1NC(=O)COCC(=O)N1CCN(C(c2ccccc2)c2ccccc2)CC1. The van der Waals surface area contributed by atoms with Crippen molar-refractivity contribution in [2.24, 2.45) is 0 Å². The van der Waals surface area contributed by atoms with Crippen molar-refractivity contribution in [3.63, 3.8) is 0 Å². The fourth-order valence-corrected chi connectivity index (χ4v) is 4.89. The van der Waals surface area contributed by atoms with Crippen LogP contribution in [0.4, 0.5) is 5.69 Å². The summed E-state index contributed by atoms with van der Waals surface area (Å²) >= 11 is 3.30. The Kier molecular flexibility index (Phi) is 9.64. The van der Waals surface area contributed by atoms with Crippen LogP contribution in [0.15, 0.2) is 83.3 Å². The topological polar surface area (TPSA) is 88.2 Å². The quantitative estimate of drug-likeness (QED) is 0.384. The van der Waals surface area contributed by atoms with Gasteiger partial charge in [0.05, 0.1) is 24.4 Å². The number of anilines is 1. The summed E-state index contributed by atoms with van der Waals surface area (Å²) in [6.07, 6.45) is 0. The molecule has 0 aromatic heterocycles. The first-order valence-corrected chi connectivity index (χ1v) is 13.1. The lowest BCUT2D eigenvalue weighted by molar-refractivity contribution is -0.139. The minimum absolute atomic E-state index is 0.114. The molecule has 4 rings (SSSR count). The van der Waals surface area contributed by atoms with Crippen LogP contribution in [0.25, 0.3) is 0 Å². The Hall–Kier alpha value is -3.53. The van der Waals surface area contributed by atoms with Crippen LogP contribution in [0, 0.1) is 0 Å². The zero-order valence-corrected chi connectivity index (χ0v) is 22.7. The van der Waals surface area contributed by atoms with E-state index in [-0.39, 0.29) is 30.7 Å². The van der Waals surface area contributed by atoms with E-state index >= 15 is 0 Å². The maximum absolute atomic E-state index is 12.8. The average Bonchev–Trinajstić information content (AvgIpc) is 2.95. The standard InChI is InChI=1S/C29H30BrN3O5/c1-37-29(36)24-18-23(30)12-13-25(24)31-26(34)19-38-20-27(35)32-14-16-33(17-15-32)28(21-8-4-2-5-9-21)22-10-6-3-7-11-22/h2-13,18,28H,14-17,19-20H2,1H3,(H,31,34). The maximum Gasteiger partial charge on any atom is 0.340 e. The third-order valence-corrected chi connectivity index (χ3v) is 6.88. The highest BCUT2D eigenvalue weighted by Gasteiger charge is 2.28. The van der Waals surface area contributed by atoms with Gasteiger partial charge in [-0.15, -0.1) is 0 Å². The third-order valence-electron chi connectivity index (χ3n) is 6.38. The van der Waals surface area contributed by atoms with Crippen molar-refractivity contribution in [2.75, 3.05) is 51.8 Å². The second kappa shape index (κ2) is 13.3. The molecule has 3 aromatic rings. The van der Waals surface area contributed by atoms with Crippen LogP contribution in [0.1, 0.15) is 27.5 Å². The summed E-state index contributed by atoms with van der Waals surface area (Å²) in [6, 6.07) is 25.7. The Morgan fingerprint density at radius 2 is 1.47 bits per heavy atom. The van der Waals surface area contributed by atoms with Crippen LogP contribution in [0.3, 0.4) is 0 Å². The van der Waals surface area contributed by atoms with Gasteiger partial charge < -0.3 is 19.7 Å². The molecule has 0 unspecified atom stereocenters. The van der Waals surface area contributed by atoms with E-state index in [9.17, 15) is 14.4 Å². The van der Waals surface area contributed by atoms with Crippen LogP contribution in [-0.2, 0) is 19.1 Å². The van der Waals surface area contributed by atoms with Crippen molar-refractivity contribution < 1.29 is 23.9 Å². The molecule has 9 heteroatoms. The van der Waals surface area contributed by atoms with Gasteiger partial charge in [-0.2, -0.15) is 0 Å². The maximum atomic E-state index is 12.8. The third kappa shape index (κ3) is 7.06. The van der Waals surface area contributed by atoms with Crippen molar-refractivity contribution >= 4 is 39.4 Å². The molecule has 0 saturated carbocycles. The normalized spacial score (nSPS) is 13.8. The lowest BCUT2D eigenvalue weighted by atomic mass is 9.96. The number of carbonyl (C=O) groups excluding carboxylic acids is 3. The molecule has 0 spiro atoms. The molecule has 1 N–H and O–H groups in total. The molecule has 1 heterocycles. The summed E-state index contributed by atoms with van der Waals surface area (Å²) in [4.78, 5) is 41.3. The van der Waals surface area contributed by atoms with E-state index < -0.39 is 11.9 Å². The molecule has 1 aliphatic rings. The lowest BCUT2D eigenvalue weighted by Crippen LogP contribution is -2.50. The summed E-state index contributed by atoms with van der Waals surface area (Å²) < 4.78 is 10.9. The van der Waals surface area contributed by atoms with E-state index in [0.29, 0.717) is 23.2 Å². The largest absolute Gasteiger partial charge is 0.465 e. The molecule has 1 aliphatic heterocycles. The second-order valence-corrected chi connectivity index (χ2v) is 9.78. The first-order chi connectivity index (χ1) is 18.5. The number of hydrogen-bond acceptors (Lipinski definition) is 6. The molecule has 1 fully saturated rings. The van der Waals surface area contributed by atoms with E-state index in [1.165, 1.54) is 18.2 Å². The second-order valence-electron chi connectivity index (χ2n) is 8.86. The van der Waals surface area contributed by atoms with Gasteiger partial charge in [-0.1, -0.05) is 76.6 Å². The number of nitrogens with zero attached hydrogens (tertiary/aromatic N) is 2. The minimum Gasteiger partial charge on any atom is -0.465 e. The van der Waals surface area contributed by atoms with Crippen LogP contribution < -0.4 is 5.32 Å². The molecular weight excluding hydrogens is 550 g/mol. The Morgan fingerprint density at radius 1 is 0.868 bits per heavy atom. The molecule has 1 saturated heterocycles. The lowest BCUT2D eigenvalue weighted by Gasteiger charge is -2.39. The van der Waals surface area contributed by atoms with Crippen LogP contribution >= 0.6 is 15.9 Å². The van der Waals surface area contributed by atoms with Crippen LogP contribution in [0.5, 0.6) is 0 Å². The first-order valence-electron chi connectivity index (χ1n) is 12.3. The number of halogens is 1. The van der Waals surface area contributed by atoms with Crippen molar-refractivity contribution in [3.05, 3.63) is 100 Å². The first kappa shape index (κ1) is 27.5. The molecule has 2 amide bonds. The van der Waals surface area contributed by atoms with Gasteiger partial charge in [0.2, 0.25) is 11.8 Å². The number of ether oxygens (including phenoxy) is 2. The minimum atomic E-state index is -0.571. The van der Waals surface area contributed by atoms with Gasteiger partial charge in [0.15, 0.2) is 0 Å². The van der Waals surface area contributed by atoms with E-state index in [0.717, 1.165) is 13.1 Å². The van der Waals surface area contributed by atoms with E-state index in [1.807, 2.05) is 36.4 Å². The molecule has 0 radical (unpaired) electrons. The van der Waals surface area contributed by atoms with Gasteiger partial charge in [0, 0.05) is 30.7 Å². The number of amides is 2. The molecule has 8 nitrogen and oxygen atoms in total. The Labute approximate surface area is 230 Å². The smallest absolute Gasteiger partial charge is 0.340 e. The number of methoxy groups -OCH3 is 1. The van der Waals surface area contributed by atoms with E-state index in [4.69, 9.17) is 9.47 Å². The zero-order chi connectivity index (χ0) is 26.9. The Balaban J connectivity index is 1.28. The van der Waals surface area contributed by atoms with Gasteiger partial charge in [-0.05, 0) is 29.3 Å². The summed E-state index contributed by atoms with van der Waals surface area (Å²) in [5.74, 6) is -1.20. The van der Waals surface area contributed by atoms with Crippen molar-refractivity contribution in [1.29, 1.82) is 0 Å². The summed E-state index contributed by atoms with van der Waals surface area (Å²) in [5.41, 5.74) is 2.96. The predicted molar refractivity (Wildman–Crippen MR) is 148 cm³/mol. The average molecular weight is 580 g/mol. The predicted octanol–water partition coefficient (Wildman–Crippen LogP) is 4.12. The molecule has 0 bridgehead atoms. The molecule has 38 heavy (non-hydrogen) atoms. The van der Waals surface area contributed by atoms with Gasteiger partial charge in [-0.25, -0.2) is 4.79 Å². The van der Waals surface area contributed by atoms with Crippen molar-refractivity contribution in [2.45, 2.75) is 6.04 Å². The Morgan fingerprint density at radius 3 is 2.05 bits per heavy atom. The fourth-order valence-electron chi connectivity index (χ4n) is 4.53. The van der Waals surface area contributed by atoms with Gasteiger partial charge in [-0.3, -0.25) is 14.5 Å². The van der Waals surface area contributed by atoms with Gasteiger partial charge in [0.1, 0.15) is 13.2 Å². The van der Waals surface area contributed by atoms with Crippen molar-refractivity contribution in [1.82, 2.24) is 9.80 Å². The summed E-state index contributed by atoms with van der Waals surface area (Å²) in [5, 5.41) is 2.64. The number of hydrogen-bond donors (Lipinski definition) is 1. The number of rotatable bonds is 9. The number of esters is 1. The number of nitrogens with one attached hydrogen (secondary N) is 1. The van der Waals surface area contributed by atoms with E-state index in [1.54, 1.807) is 23.1 Å². The van der Waals surface area contributed by atoms with Crippen molar-refractivity contribution in [3.8, 4) is 0 Å². The molecule has 0 atom stereocenters. The number of benzene rings is 3. The van der Waals surface area contributed by atoms with Crippen LogP contribution in [-0.4, -0.2) is 74.1 Å². The highest BCUT2D eigenvalue weighted by molar-refractivity contribution is 9.10. The van der Waals surface area contributed by atoms with Crippen LogP contribution in [0.2, 0.25) is 0 Å². The number of piperazine rings is 1. The Bertz CT molecular complexity index is 1210. The molecule has 198 valence electrons. The molecule has 3 aromatic carbocycles. The van der Waals surface area contributed by atoms with Gasteiger partial charge >= 0.3 is 5.97 Å². The zero-order valence-electron chi connectivity index (χ0n) is 21.1. The molecular formula is C29H30BrN3O5. The highest BCUT2D eigenvalue weighted by Crippen LogP contribution is 2.29. The monoisotopic (exact) mass is 579 g/mol. The summed E-state index contributed by atoms with van der Waals surface area (Å²) in [6.45, 7) is 2.09. The fraction of sp³-hybridized carbons (Fsp3) is 0.276. The number of carbonyl (C=O) groups is 3. The van der Waals surface area contributed by atoms with Gasteiger partial charge in [0.25, 0.3) is 0 Å².